The van der Waals surface area contributed by atoms with Crippen LogP contribution in [0.25, 0.3) is 0 Å². The summed E-state index contributed by atoms with van der Waals surface area (Å²) in [6.07, 6.45) is 0. The van der Waals surface area contributed by atoms with Gasteiger partial charge in [-0.15, -0.1) is 0 Å². The van der Waals surface area contributed by atoms with Gasteiger partial charge in [-0.05, 0) is 0 Å². The van der Waals surface area contributed by atoms with E-state index in [1.165, 1.54) is 4.46 Å². The van der Waals surface area contributed by atoms with Gasteiger partial charge in [-0.3, -0.25) is 0 Å². The molecule has 3 N–H and O–H groups in total. The van der Waals surface area contributed by atoms with Crippen molar-refractivity contribution in [1.29, 1.82) is 0 Å². The van der Waals surface area contributed by atoms with Crippen LogP contribution in [0.1, 0.15) is 0 Å². The Bertz CT molecular complexity index is 215. The predicted molar refractivity (Wildman–Crippen MR) is 51.7 cm³/mol. The predicted octanol–water partition coefficient (Wildman–Crippen LogP) is -0.246. The van der Waals surface area contributed by atoms with E-state index in [1.54, 1.807) is 0 Å². The van der Waals surface area contributed by atoms with E-state index in [0.717, 1.165) is 5.32 Å². The summed E-state index contributed by atoms with van der Waals surface area (Å²) in [7, 11) is 0. The first-order valence-electron chi connectivity index (χ1n) is 3.87. The van der Waals surface area contributed by atoms with Gasteiger partial charge in [0.2, 0.25) is 0 Å². The van der Waals surface area contributed by atoms with Crippen molar-refractivity contribution in [3.05, 3.63) is 30.3 Å². The van der Waals surface area contributed by atoms with Gasteiger partial charge in [0.15, 0.2) is 0 Å². The van der Waals surface area contributed by atoms with Gasteiger partial charge in [-0.2, -0.15) is 0 Å². The van der Waals surface area contributed by atoms with Gasteiger partial charge in [-0.25, -0.2) is 0 Å². The quantitative estimate of drug-likeness (QED) is 0.701. The number of hydrogen-bond acceptors (Lipinski definition) is 2. The normalized spacial score (nSPS) is 12.8. The summed E-state index contributed by atoms with van der Waals surface area (Å²) in [5, 5.41) is 9.61. The molecular formula is C9H13NOSe. The number of nitrogens with two attached hydrogens (primary N) is 1. The number of rotatable bonds is 4. The summed E-state index contributed by atoms with van der Waals surface area (Å²) in [6, 6.07) is 10.2. The van der Waals surface area contributed by atoms with Crippen LogP contribution in [0.2, 0.25) is 5.32 Å². The minimum absolute atomic E-state index is 0.0507. The summed E-state index contributed by atoms with van der Waals surface area (Å²) in [4.78, 5) is 0. The Labute approximate surface area is 78.9 Å². The van der Waals surface area contributed by atoms with Gasteiger partial charge in [0.25, 0.3) is 0 Å². The molecule has 0 amide bonds. The van der Waals surface area contributed by atoms with Crippen LogP contribution >= 0.6 is 0 Å². The van der Waals surface area contributed by atoms with E-state index in [0.29, 0.717) is 15.0 Å². The van der Waals surface area contributed by atoms with Gasteiger partial charge in [-0.1, -0.05) is 0 Å². The Kier molecular flexibility index (Phi) is 4.33. The summed E-state index contributed by atoms with van der Waals surface area (Å²) in [5.41, 5.74) is 5.59. The van der Waals surface area contributed by atoms with Crippen LogP contribution in [0.4, 0.5) is 0 Å². The number of aliphatic hydroxyl groups is 1. The molecule has 0 radical (unpaired) electrons. The second kappa shape index (κ2) is 5.33. The Morgan fingerprint density at radius 2 is 2.00 bits per heavy atom. The van der Waals surface area contributed by atoms with E-state index in [1.807, 2.05) is 18.2 Å². The third-order valence-electron chi connectivity index (χ3n) is 1.44. The Morgan fingerprint density at radius 1 is 1.33 bits per heavy atom. The molecule has 2 nitrogen and oxygen atoms in total. The van der Waals surface area contributed by atoms with E-state index in [-0.39, 0.29) is 12.6 Å². The molecule has 1 aromatic carbocycles. The van der Waals surface area contributed by atoms with Crippen LogP contribution < -0.4 is 10.2 Å². The van der Waals surface area contributed by atoms with E-state index in [2.05, 4.69) is 12.1 Å². The van der Waals surface area contributed by atoms with E-state index in [9.17, 15) is 0 Å². The number of aliphatic hydroxyl groups excluding tert-OH is 1. The molecule has 0 aliphatic carbocycles. The summed E-state index contributed by atoms with van der Waals surface area (Å²) in [6.45, 7) is 0.0918. The molecule has 1 aromatic rings. The number of benzene rings is 1. The zero-order chi connectivity index (χ0) is 8.81. The minimum atomic E-state index is -0.0507. The molecule has 0 saturated heterocycles. The van der Waals surface area contributed by atoms with Crippen LogP contribution in [0.5, 0.6) is 0 Å². The third-order valence-corrected chi connectivity index (χ3v) is 3.96. The maximum absolute atomic E-state index is 8.70. The van der Waals surface area contributed by atoms with Crippen molar-refractivity contribution in [3.63, 3.8) is 0 Å². The van der Waals surface area contributed by atoms with Gasteiger partial charge in [0, 0.05) is 0 Å². The van der Waals surface area contributed by atoms with Crippen LogP contribution in [-0.4, -0.2) is 32.7 Å². The zero-order valence-corrected chi connectivity index (χ0v) is 8.52. The van der Waals surface area contributed by atoms with Crippen LogP contribution in [0, 0.1) is 0 Å². The summed E-state index contributed by atoms with van der Waals surface area (Å²) in [5.74, 6) is 0. The third kappa shape index (κ3) is 3.37. The van der Waals surface area contributed by atoms with Crippen molar-refractivity contribution in [2.75, 3.05) is 6.61 Å². The fraction of sp³-hybridized carbons (Fsp3) is 0.333. The topological polar surface area (TPSA) is 46.2 Å². The van der Waals surface area contributed by atoms with Crippen LogP contribution in [-0.2, 0) is 0 Å². The van der Waals surface area contributed by atoms with Crippen molar-refractivity contribution in [2.24, 2.45) is 5.73 Å². The second-order valence-electron chi connectivity index (χ2n) is 2.57. The van der Waals surface area contributed by atoms with Gasteiger partial charge >= 0.3 is 78.6 Å². The SMILES string of the molecule is N[C@@H](CO)C[Se]c1ccccc1. The molecule has 1 atom stereocenters. The summed E-state index contributed by atoms with van der Waals surface area (Å²) >= 11 is 0.406. The van der Waals surface area contributed by atoms with Crippen molar-refractivity contribution < 1.29 is 5.11 Å². The van der Waals surface area contributed by atoms with Crippen molar-refractivity contribution >= 4 is 19.4 Å². The van der Waals surface area contributed by atoms with E-state index in [4.69, 9.17) is 10.8 Å². The molecule has 0 aliphatic rings. The molecule has 12 heavy (non-hydrogen) atoms. The fourth-order valence-corrected chi connectivity index (χ4v) is 2.58. The molecule has 0 aromatic heterocycles. The Hall–Kier alpha value is -0.341. The monoisotopic (exact) mass is 231 g/mol. The molecule has 66 valence electrons. The molecular weight excluding hydrogens is 217 g/mol. The van der Waals surface area contributed by atoms with Crippen molar-refractivity contribution in [1.82, 2.24) is 0 Å². The first kappa shape index (κ1) is 9.75. The second-order valence-corrected chi connectivity index (χ2v) is 4.86. The average molecular weight is 230 g/mol. The molecule has 0 spiro atoms. The fourth-order valence-electron chi connectivity index (χ4n) is 0.773. The first-order chi connectivity index (χ1) is 5.83. The summed E-state index contributed by atoms with van der Waals surface area (Å²) < 4.78 is 1.34. The average Bonchev–Trinajstić information content (AvgIpc) is 2.16. The van der Waals surface area contributed by atoms with E-state index >= 15 is 0 Å². The zero-order valence-electron chi connectivity index (χ0n) is 6.81. The molecule has 0 fully saturated rings. The molecule has 0 saturated carbocycles. The van der Waals surface area contributed by atoms with Gasteiger partial charge < -0.3 is 0 Å². The van der Waals surface area contributed by atoms with Gasteiger partial charge in [0.05, 0.1) is 0 Å². The first-order valence-corrected chi connectivity index (χ1v) is 5.94. The van der Waals surface area contributed by atoms with Crippen LogP contribution in [0.15, 0.2) is 30.3 Å². The number of hydrogen-bond donors (Lipinski definition) is 2. The van der Waals surface area contributed by atoms with E-state index < -0.39 is 0 Å². The van der Waals surface area contributed by atoms with Gasteiger partial charge in [0.1, 0.15) is 0 Å². The Morgan fingerprint density at radius 3 is 2.58 bits per heavy atom. The maximum atomic E-state index is 8.70. The molecule has 0 heterocycles. The van der Waals surface area contributed by atoms with Crippen molar-refractivity contribution in [2.45, 2.75) is 11.4 Å². The van der Waals surface area contributed by atoms with Crippen LogP contribution in [0.3, 0.4) is 0 Å². The van der Waals surface area contributed by atoms with Crippen molar-refractivity contribution in [3.8, 4) is 0 Å². The molecule has 0 unspecified atom stereocenters. The molecule has 0 bridgehead atoms. The molecule has 3 heteroatoms. The standard InChI is InChI=1S/C9H13NOSe/c10-8(6-11)7-12-9-4-2-1-3-5-9/h1-5,8,11H,6-7,10H2/t8-/m0/s1. The molecule has 0 aliphatic heterocycles. The Balaban J connectivity index is 2.33. The molecule has 1 rings (SSSR count).